The molecule has 0 bridgehead atoms. The molecular formula is C20H23N3O5S. The molecule has 0 spiro atoms. The van der Waals surface area contributed by atoms with Crippen LogP contribution in [0.4, 0.5) is 0 Å². The maximum atomic E-state index is 11.9. The molecule has 8 nitrogen and oxygen atoms in total. The van der Waals surface area contributed by atoms with Crippen LogP contribution in [0.1, 0.15) is 23.4 Å². The first kappa shape index (κ1) is 20.8. The van der Waals surface area contributed by atoms with Crippen LogP contribution in [0.3, 0.4) is 0 Å². The molecule has 1 saturated heterocycles. The van der Waals surface area contributed by atoms with Crippen LogP contribution in [0.15, 0.2) is 36.4 Å². The van der Waals surface area contributed by atoms with E-state index in [4.69, 9.17) is 4.74 Å². The summed E-state index contributed by atoms with van der Waals surface area (Å²) in [4.78, 5) is 23.8. The molecule has 1 amide bonds. The van der Waals surface area contributed by atoms with Gasteiger partial charge in [0.1, 0.15) is 0 Å². The molecule has 0 aliphatic carbocycles. The van der Waals surface area contributed by atoms with Crippen molar-refractivity contribution in [1.29, 1.82) is 0 Å². The highest BCUT2D eigenvalue weighted by molar-refractivity contribution is 7.91. The Hall–Kier alpha value is -2.94. The van der Waals surface area contributed by atoms with Crippen molar-refractivity contribution in [1.82, 2.24) is 15.1 Å². The number of para-hydroxylation sites is 1. The Morgan fingerprint density at radius 3 is 2.66 bits per heavy atom. The summed E-state index contributed by atoms with van der Waals surface area (Å²) < 4.78 is 29.5. The minimum Gasteiger partial charge on any atom is -0.452 e. The highest BCUT2D eigenvalue weighted by Gasteiger charge is 2.28. The maximum absolute atomic E-state index is 11.9. The lowest BCUT2D eigenvalue weighted by Crippen LogP contribution is -2.38. The summed E-state index contributed by atoms with van der Waals surface area (Å²) in [5, 5.41) is 7.07. The maximum Gasteiger partial charge on any atom is 0.331 e. The number of carbonyl (C=O) groups excluding carboxylic acids is 2. The van der Waals surface area contributed by atoms with E-state index in [0.717, 1.165) is 22.6 Å². The second-order valence-corrected chi connectivity index (χ2v) is 9.17. The average Bonchev–Trinajstić information content (AvgIpc) is 3.17. The lowest BCUT2D eigenvalue weighted by atomic mass is 10.2. The first-order valence-corrected chi connectivity index (χ1v) is 11.0. The largest absolute Gasteiger partial charge is 0.452 e. The third-order valence-corrected chi connectivity index (χ3v) is 6.45. The molecule has 1 aromatic heterocycles. The number of hydrogen-bond acceptors (Lipinski definition) is 6. The van der Waals surface area contributed by atoms with Crippen molar-refractivity contribution < 1.29 is 22.7 Å². The number of sulfone groups is 1. The van der Waals surface area contributed by atoms with Gasteiger partial charge in [-0.2, -0.15) is 5.10 Å². The molecular weight excluding hydrogens is 394 g/mol. The molecule has 29 heavy (non-hydrogen) atoms. The third-order valence-electron chi connectivity index (χ3n) is 4.68. The molecule has 0 unspecified atom stereocenters. The smallest absolute Gasteiger partial charge is 0.331 e. The van der Waals surface area contributed by atoms with E-state index in [1.165, 1.54) is 6.08 Å². The number of esters is 1. The van der Waals surface area contributed by atoms with Crippen LogP contribution >= 0.6 is 0 Å². The van der Waals surface area contributed by atoms with Crippen LogP contribution in [0, 0.1) is 13.8 Å². The number of benzene rings is 1. The van der Waals surface area contributed by atoms with E-state index in [2.05, 4.69) is 10.4 Å². The average molecular weight is 417 g/mol. The Labute approximate surface area is 169 Å². The predicted molar refractivity (Wildman–Crippen MR) is 108 cm³/mol. The van der Waals surface area contributed by atoms with Gasteiger partial charge in [0.15, 0.2) is 16.4 Å². The first-order valence-electron chi connectivity index (χ1n) is 9.21. The Morgan fingerprint density at radius 1 is 1.28 bits per heavy atom. The second kappa shape index (κ2) is 8.60. The molecule has 1 aromatic carbocycles. The van der Waals surface area contributed by atoms with Crippen molar-refractivity contribution in [2.45, 2.75) is 26.3 Å². The molecule has 1 N–H and O–H groups in total. The monoisotopic (exact) mass is 417 g/mol. The van der Waals surface area contributed by atoms with Crippen LogP contribution in [-0.2, 0) is 24.2 Å². The van der Waals surface area contributed by atoms with Gasteiger partial charge in [0, 0.05) is 23.4 Å². The molecule has 1 atom stereocenters. The topological polar surface area (TPSA) is 107 Å². The zero-order valence-electron chi connectivity index (χ0n) is 16.3. The van der Waals surface area contributed by atoms with Crippen molar-refractivity contribution in [3.05, 3.63) is 53.4 Å². The third kappa shape index (κ3) is 5.32. The van der Waals surface area contributed by atoms with Gasteiger partial charge < -0.3 is 10.1 Å². The van der Waals surface area contributed by atoms with Crippen LogP contribution in [0.25, 0.3) is 11.8 Å². The number of aromatic nitrogens is 2. The Bertz CT molecular complexity index is 1040. The van der Waals surface area contributed by atoms with Gasteiger partial charge in [-0.1, -0.05) is 18.2 Å². The van der Waals surface area contributed by atoms with Crippen LogP contribution < -0.4 is 5.32 Å². The van der Waals surface area contributed by atoms with Gasteiger partial charge in [-0.3, -0.25) is 4.79 Å². The van der Waals surface area contributed by atoms with Gasteiger partial charge in [0.25, 0.3) is 5.91 Å². The molecule has 3 rings (SSSR count). The standard InChI is InChI=1S/C20H23N3O5S/c1-14-18(15(2)23(22-14)17-6-4-3-5-7-17)8-9-20(25)28-12-19(24)21-16-10-11-29(26,27)13-16/h3-9,16H,10-13H2,1-2H3,(H,21,24)/b9-8+/t16-/m1/s1. The summed E-state index contributed by atoms with van der Waals surface area (Å²) in [6, 6.07) is 9.23. The van der Waals surface area contributed by atoms with E-state index in [1.54, 1.807) is 10.8 Å². The van der Waals surface area contributed by atoms with Crippen LogP contribution in [0.5, 0.6) is 0 Å². The van der Waals surface area contributed by atoms with Gasteiger partial charge in [0.2, 0.25) is 0 Å². The molecule has 154 valence electrons. The van der Waals surface area contributed by atoms with Gasteiger partial charge in [0.05, 0.1) is 22.9 Å². The summed E-state index contributed by atoms with van der Waals surface area (Å²) in [7, 11) is -3.08. The highest BCUT2D eigenvalue weighted by atomic mass is 32.2. The van der Waals surface area contributed by atoms with E-state index in [0.29, 0.717) is 6.42 Å². The lowest BCUT2D eigenvalue weighted by molar-refractivity contribution is -0.143. The number of ether oxygens (including phenoxy) is 1. The first-order chi connectivity index (χ1) is 13.7. The molecule has 0 radical (unpaired) electrons. The van der Waals surface area contributed by atoms with Gasteiger partial charge >= 0.3 is 5.97 Å². The molecule has 2 aromatic rings. The fourth-order valence-corrected chi connectivity index (χ4v) is 4.90. The molecule has 9 heteroatoms. The van der Waals surface area contributed by atoms with Crippen molar-refractivity contribution in [2.24, 2.45) is 0 Å². The van der Waals surface area contributed by atoms with Crippen molar-refractivity contribution in [3.8, 4) is 5.69 Å². The fourth-order valence-electron chi connectivity index (χ4n) is 3.23. The van der Waals surface area contributed by atoms with E-state index in [-0.39, 0.29) is 11.5 Å². The number of amides is 1. The number of nitrogens with zero attached hydrogens (tertiary/aromatic N) is 2. The summed E-state index contributed by atoms with van der Waals surface area (Å²) in [5.74, 6) is -1.18. The Morgan fingerprint density at radius 2 is 2.00 bits per heavy atom. The van der Waals surface area contributed by atoms with Crippen molar-refractivity contribution in [3.63, 3.8) is 0 Å². The lowest BCUT2D eigenvalue weighted by Gasteiger charge is -2.10. The van der Waals surface area contributed by atoms with Crippen LogP contribution in [0.2, 0.25) is 0 Å². The Balaban J connectivity index is 1.56. The van der Waals surface area contributed by atoms with Crippen LogP contribution in [-0.4, -0.2) is 54.2 Å². The minimum absolute atomic E-state index is 0.0653. The van der Waals surface area contributed by atoms with Gasteiger partial charge in [-0.15, -0.1) is 0 Å². The normalized spacial score (nSPS) is 18.1. The summed E-state index contributed by atoms with van der Waals surface area (Å²) in [5.41, 5.74) is 3.35. The van der Waals surface area contributed by atoms with E-state index in [9.17, 15) is 18.0 Å². The SMILES string of the molecule is Cc1nn(-c2ccccc2)c(C)c1/C=C/C(=O)OCC(=O)N[C@@H]1CCS(=O)(=O)C1. The predicted octanol–water partition coefficient (Wildman–Crippen LogP) is 1.35. The molecule has 0 saturated carbocycles. The number of carbonyl (C=O) groups is 2. The molecule has 1 aliphatic heterocycles. The van der Waals surface area contributed by atoms with E-state index < -0.39 is 34.4 Å². The summed E-state index contributed by atoms with van der Waals surface area (Å²) in [6.45, 7) is 3.29. The van der Waals surface area contributed by atoms with Crippen molar-refractivity contribution in [2.75, 3.05) is 18.1 Å². The fraction of sp³-hybridized carbons (Fsp3) is 0.350. The molecule has 2 heterocycles. The Kier molecular flexibility index (Phi) is 6.17. The zero-order valence-corrected chi connectivity index (χ0v) is 17.1. The number of rotatable bonds is 6. The summed E-state index contributed by atoms with van der Waals surface area (Å²) >= 11 is 0. The second-order valence-electron chi connectivity index (χ2n) is 6.94. The number of nitrogens with one attached hydrogen (secondary N) is 1. The van der Waals surface area contributed by atoms with Gasteiger partial charge in [-0.05, 0) is 38.5 Å². The quantitative estimate of drug-likeness (QED) is 0.562. The highest BCUT2D eigenvalue weighted by Crippen LogP contribution is 2.19. The van der Waals surface area contributed by atoms with Gasteiger partial charge in [-0.25, -0.2) is 17.9 Å². The number of hydrogen-bond donors (Lipinski definition) is 1. The number of aryl methyl sites for hydroxylation is 1. The van der Waals surface area contributed by atoms with E-state index >= 15 is 0 Å². The summed E-state index contributed by atoms with van der Waals surface area (Å²) in [6.07, 6.45) is 3.24. The van der Waals surface area contributed by atoms with E-state index in [1.807, 2.05) is 44.2 Å². The zero-order chi connectivity index (χ0) is 21.0. The molecule has 1 aliphatic rings. The minimum atomic E-state index is -3.08. The molecule has 1 fully saturated rings. The van der Waals surface area contributed by atoms with Crippen molar-refractivity contribution >= 4 is 27.8 Å².